The van der Waals surface area contributed by atoms with Gasteiger partial charge in [0.1, 0.15) is 11.5 Å². The van der Waals surface area contributed by atoms with E-state index in [1.807, 2.05) is 36.4 Å². The molecular formula is C30H28N2O6. The van der Waals surface area contributed by atoms with E-state index in [0.29, 0.717) is 45.4 Å². The number of carboxylic acids is 2. The molecule has 8 nitrogen and oxygen atoms in total. The van der Waals surface area contributed by atoms with Gasteiger partial charge in [0.2, 0.25) is 0 Å². The molecule has 0 fully saturated rings. The fourth-order valence-electron chi connectivity index (χ4n) is 4.35. The Labute approximate surface area is 220 Å². The SMILES string of the molecule is COc1cc(-c2ccc(Nc3cccc(C)c3C(=O)O)c(OC)c2)ccc1Nc1cccc(C)c1C(=O)O. The molecule has 0 aromatic heterocycles. The van der Waals surface area contributed by atoms with Crippen molar-refractivity contribution in [2.75, 3.05) is 24.9 Å². The molecule has 0 bridgehead atoms. The first kappa shape index (κ1) is 26.1. The number of anilines is 4. The minimum absolute atomic E-state index is 0.200. The van der Waals surface area contributed by atoms with Gasteiger partial charge in [-0.05, 0) is 72.5 Å². The zero-order valence-electron chi connectivity index (χ0n) is 21.5. The molecule has 38 heavy (non-hydrogen) atoms. The van der Waals surface area contributed by atoms with E-state index in [1.54, 1.807) is 64.5 Å². The van der Waals surface area contributed by atoms with Crippen LogP contribution in [-0.4, -0.2) is 36.4 Å². The summed E-state index contributed by atoms with van der Waals surface area (Å²) in [4.78, 5) is 23.6. The highest BCUT2D eigenvalue weighted by atomic mass is 16.5. The molecule has 4 aromatic carbocycles. The summed E-state index contributed by atoms with van der Waals surface area (Å²) in [6.07, 6.45) is 0. The second-order valence-corrected chi connectivity index (χ2v) is 8.69. The highest BCUT2D eigenvalue weighted by molar-refractivity contribution is 5.98. The first-order chi connectivity index (χ1) is 18.2. The highest BCUT2D eigenvalue weighted by Gasteiger charge is 2.17. The Bertz CT molecular complexity index is 1410. The van der Waals surface area contributed by atoms with E-state index in [9.17, 15) is 19.8 Å². The largest absolute Gasteiger partial charge is 0.495 e. The van der Waals surface area contributed by atoms with Gasteiger partial charge in [0, 0.05) is 0 Å². The number of hydrogen-bond donors (Lipinski definition) is 4. The Hall–Kier alpha value is -4.98. The van der Waals surface area contributed by atoms with Gasteiger partial charge in [-0.3, -0.25) is 0 Å². The number of nitrogens with one attached hydrogen (secondary N) is 2. The molecule has 0 heterocycles. The monoisotopic (exact) mass is 512 g/mol. The van der Waals surface area contributed by atoms with Crippen LogP contribution >= 0.6 is 0 Å². The van der Waals surface area contributed by atoms with Crippen LogP contribution in [0, 0.1) is 13.8 Å². The van der Waals surface area contributed by atoms with Crippen LogP contribution in [0.25, 0.3) is 11.1 Å². The van der Waals surface area contributed by atoms with Crippen molar-refractivity contribution in [3.63, 3.8) is 0 Å². The predicted octanol–water partition coefficient (Wildman–Crippen LogP) is 6.87. The molecule has 0 unspecified atom stereocenters. The molecular weight excluding hydrogens is 484 g/mol. The molecule has 0 radical (unpaired) electrons. The van der Waals surface area contributed by atoms with E-state index < -0.39 is 11.9 Å². The smallest absolute Gasteiger partial charge is 0.338 e. The Morgan fingerprint density at radius 1 is 0.605 bits per heavy atom. The number of aromatic carboxylic acids is 2. The van der Waals surface area contributed by atoms with Crippen molar-refractivity contribution in [1.29, 1.82) is 0 Å². The van der Waals surface area contributed by atoms with E-state index in [4.69, 9.17) is 9.47 Å². The number of aryl methyl sites for hydroxylation is 2. The standard InChI is InChI=1S/C30H28N2O6/c1-17-7-5-9-23(27(17)29(33)34)31-21-13-11-19(15-25(21)37-3)20-12-14-22(26(16-20)38-4)32-24-10-6-8-18(2)28(24)30(35)36/h5-16,31-32H,1-4H3,(H,33,34)(H,35,36). The summed E-state index contributed by atoms with van der Waals surface area (Å²) < 4.78 is 11.2. The number of rotatable bonds is 9. The maximum atomic E-state index is 11.8. The summed E-state index contributed by atoms with van der Waals surface area (Å²) in [5, 5.41) is 25.7. The van der Waals surface area contributed by atoms with Gasteiger partial charge < -0.3 is 30.3 Å². The quantitative estimate of drug-likeness (QED) is 0.192. The normalized spacial score (nSPS) is 10.5. The maximum absolute atomic E-state index is 11.8. The third-order valence-electron chi connectivity index (χ3n) is 6.25. The van der Waals surface area contributed by atoms with Gasteiger partial charge in [0.25, 0.3) is 0 Å². The number of carboxylic acid groups (broad SMARTS) is 2. The Kier molecular flexibility index (Phi) is 7.53. The van der Waals surface area contributed by atoms with Gasteiger partial charge in [-0.15, -0.1) is 0 Å². The molecule has 4 rings (SSSR count). The molecule has 0 spiro atoms. The molecule has 4 N–H and O–H groups in total. The molecule has 4 aromatic rings. The van der Waals surface area contributed by atoms with Crippen LogP contribution in [0.4, 0.5) is 22.7 Å². The zero-order valence-corrected chi connectivity index (χ0v) is 21.5. The van der Waals surface area contributed by atoms with E-state index in [-0.39, 0.29) is 11.1 Å². The summed E-state index contributed by atoms with van der Waals surface area (Å²) in [7, 11) is 3.10. The molecule has 8 heteroatoms. The van der Waals surface area contributed by atoms with E-state index >= 15 is 0 Å². The molecule has 0 saturated carbocycles. The summed E-state index contributed by atoms with van der Waals surface area (Å²) in [6, 6.07) is 21.7. The Morgan fingerprint density at radius 2 is 1.00 bits per heavy atom. The minimum atomic E-state index is -1.01. The van der Waals surface area contributed by atoms with Crippen molar-refractivity contribution in [3.8, 4) is 22.6 Å². The van der Waals surface area contributed by atoms with Crippen LogP contribution in [0.2, 0.25) is 0 Å². The van der Waals surface area contributed by atoms with Crippen LogP contribution in [0.3, 0.4) is 0 Å². The average Bonchev–Trinajstić information content (AvgIpc) is 2.88. The van der Waals surface area contributed by atoms with Crippen molar-refractivity contribution in [2.45, 2.75) is 13.8 Å². The van der Waals surface area contributed by atoms with Crippen molar-refractivity contribution in [2.24, 2.45) is 0 Å². The van der Waals surface area contributed by atoms with Crippen LogP contribution in [0.1, 0.15) is 31.8 Å². The van der Waals surface area contributed by atoms with Gasteiger partial charge in [-0.2, -0.15) is 0 Å². The van der Waals surface area contributed by atoms with E-state index in [1.165, 1.54) is 0 Å². The number of methoxy groups -OCH3 is 2. The second kappa shape index (κ2) is 11.0. The lowest BCUT2D eigenvalue weighted by molar-refractivity contribution is 0.0686. The fraction of sp³-hybridized carbons (Fsp3) is 0.133. The van der Waals surface area contributed by atoms with Gasteiger partial charge in [-0.25, -0.2) is 9.59 Å². The number of benzene rings is 4. The van der Waals surface area contributed by atoms with Crippen LogP contribution in [-0.2, 0) is 0 Å². The van der Waals surface area contributed by atoms with E-state index in [0.717, 1.165) is 11.1 Å². The van der Waals surface area contributed by atoms with Crippen molar-refractivity contribution < 1.29 is 29.3 Å². The van der Waals surface area contributed by atoms with Crippen molar-refractivity contribution in [3.05, 3.63) is 95.1 Å². The van der Waals surface area contributed by atoms with Gasteiger partial charge >= 0.3 is 11.9 Å². The first-order valence-electron chi connectivity index (χ1n) is 11.8. The van der Waals surface area contributed by atoms with E-state index in [2.05, 4.69) is 10.6 Å². The molecule has 0 aliphatic rings. The minimum Gasteiger partial charge on any atom is -0.495 e. The molecule has 0 aliphatic heterocycles. The highest BCUT2D eigenvalue weighted by Crippen LogP contribution is 2.38. The topological polar surface area (TPSA) is 117 Å². The van der Waals surface area contributed by atoms with Crippen molar-refractivity contribution >= 4 is 34.7 Å². The predicted molar refractivity (Wildman–Crippen MR) is 148 cm³/mol. The summed E-state index contributed by atoms with van der Waals surface area (Å²) in [5.74, 6) is -0.953. The molecule has 194 valence electrons. The third-order valence-corrected chi connectivity index (χ3v) is 6.25. The van der Waals surface area contributed by atoms with Crippen LogP contribution in [0.5, 0.6) is 11.5 Å². The first-order valence-corrected chi connectivity index (χ1v) is 11.8. The molecule has 0 saturated heterocycles. The lowest BCUT2D eigenvalue weighted by Gasteiger charge is -2.17. The second-order valence-electron chi connectivity index (χ2n) is 8.69. The van der Waals surface area contributed by atoms with Crippen LogP contribution in [0.15, 0.2) is 72.8 Å². The number of ether oxygens (including phenoxy) is 2. The molecule has 0 aliphatic carbocycles. The zero-order chi connectivity index (χ0) is 27.4. The van der Waals surface area contributed by atoms with Crippen LogP contribution < -0.4 is 20.1 Å². The van der Waals surface area contributed by atoms with Gasteiger partial charge in [-0.1, -0.05) is 36.4 Å². The maximum Gasteiger partial charge on any atom is 0.338 e. The Morgan fingerprint density at radius 3 is 1.34 bits per heavy atom. The lowest BCUT2D eigenvalue weighted by atomic mass is 10.0. The Balaban J connectivity index is 1.66. The lowest BCUT2D eigenvalue weighted by Crippen LogP contribution is -2.06. The number of hydrogen-bond acceptors (Lipinski definition) is 6. The average molecular weight is 513 g/mol. The summed E-state index contributed by atoms with van der Waals surface area (Å²) in [6.45, 7) is 3.50. The molecule has 0 amide bonds. The van der Waals surface area contributed by atoms with Gasteiger partial charge in [0.05, 0.1) is 48.1 Å². The summed E-state index contributed by atoms with van der Waals surface area (Å²) in [5.41, 5.74) is 5.58. The van der Waals surface area contributed by atoms with Crippen molar-refractivity contribution in [1.82, 2.24) is 0 Å². The summed E-state index contributed by atoms with van der Waals surface area (Å²) >= 11 is 0. The number of carbonyl (C=O) groups is 2. The third kappa shape index (κ3) is 5.24. The fourth-order valence-corrected chi connectivity index (χ4v) is 4.35. The molecule has 0 atom stereocenters. The van der Waals surface area contributed by atoms with Gasteiger partial charge in [0.15, 0.2) is 0 Å².